The summed E-state index contributed by atoms with van der Waals surface area (Å²) in [6.07, 6.45) is 4.32. The number of thioether (sulfide) groups is 2. The number of ether oxygens (including phenoxy) is 1. The van der Waals surface area contributed by atoms with Gasteiger partial charge in [0.1, 0.15) is 0 Å². The van der Waals surface area contributed by atoms with Gasteiger partial charge in [0, 0.05) is 25.3 Å². The van der Waals surface area contributed by atoms with Crippen molar-refractivity contribution in [2.45, 2.75) is 36.4 Å². The van der Waals surface area contributed by atoms with Gasteiger partial charge >= 0.3 is 0 Å². The van der Waals surface area contributed by atoms with E-state index in [4.69, 9.17) is 10.5 Å². The first-order valence-electron chi connectivity index (χ1n) is 9.22. The normalized spacial score (nSPS) is 20.0. The molecule has 1 amide bonds. The minimum Gasteiger partial charge on any atom is -0.378 e. The molecule has 0 aliphatic carbocycles. The van der Waals surface area contributed by atoms with Gasteiger partial charge in [-0.25, -0.2) is 0 Å². The van der Waals surface area contributed by atoms with Crippen LogP contribution in [0.1, 0.15) is 46.2 Å². The molecular formula is C19H28N2O2S2. The number of hydrogen-bond donors (Lipinski definition) is 1. The van der Waals surface area contributed by atoms with E-state index in [1.165, 1.54) is 23.5 Å². The van der Waals surface area contributed by atoms with Crippen LogP contribution in [0.2, 0.25) is 0 Å². The lowest BCUT2D eigenvalue weighted by Crippen LogP contribution is -2.41. The van der Waals surface area contributed by atoms with Gasteiger partial charge in [0.25, 0.3) is 5.91 Å². The van der Waals surface area contributed by atoms with E-state index in [2.05, 4.69) is 12.1 Å². The molecule has 3 rings (SSSR count). The number of carbonyl (C=O) groups excluding carboxylic acids is 1. The summed E-state index contributed by atoms with van der Waals surface area (Å²) in [5.41, 5.74) is 7.63. The summed E-state index contributed by atoms with van der Waals surface area (Å²) >= 11 is 4.03. The maximum Gasteiger partial charge on any atom is 0.253 e. The predicted molar refractivity (Wildman–Crippen MR) is 107 cm³/mol. The molecule has 0 atom stereocenters. The third-order valence-corrected chi connectivity index (χ3v) is 7.70. The Labute approximate surface area is 159 Å². The van der Waals surface area contributed by atoms with Crippen molar-refractivity contribution in [2.75, 3.05) is 37.7 Å². The molecule has 0 saturated carbocycles. The fraction of sp³-hybridized carbons (Fsp3) is 0.632. The Balaban J connectivity index is 1.49. The first-order chi connectivity index (χ1) is 12.3. The predicted octanol–water partition coefficient (Wildman–Crippen LogP) is 3.53. The highest BCUT2D eigenvalue weighted by Crippen LogP contribution is 2.43. The van der Waals surface area contributed by atoms with E-state index >= 15 is 0 Å². The minimum absolute atomic E-state index is 0.149. The number of nitrogens with zero attached hydrogens (tertiary/aromatic N) is 1. The summed E-state index contributed by atoms with van der Waals surface area (Å²) in [5, 5.41) is 0. The van der Waals surface area contributed by atoms with E-state index in [1.807, 2.05) is 40.6 Å². The summed E-state index contributed by atoms with van der Waals surface area (Å²) in [4.78, 5) is 14.7. The Hall–Kier alpha value is -0.690. The van der Waals surface area contributed by atoms with Gasteiger partial charge in [0.05, 0.1) is 10.7 Å². The van der Waals surface area contributed by atoms with Gasteiger partial charge in [0.15, 0.2) is 0 Å². The Morgan fingerprint density at radius 3 is 2.48 bits per heavy atom. The highest BCUT2D eigenvalue weighted by atomic mass is 32.2. The fourth-order valence-electron chi connectivity index (χ4n) is 3.20. The van der Waals surface area contributed by atoms with Crippen molar-refractivity contribution in [3.05, 3.63) is 35.4 Å². The summed E-state index contributed by atoms with van der Waals surface area (Å²) in [7, 11) is 0. The number of nitrogens with two attached hydrogens (primary N) is 1. The van der Waals surface area contributed by atoms with Crippen LogP contribution >= 0.6 is 23.5 Å². The molecule has 2 saturated heterocycles. The van der Waals surface area contributed by atoms with Crippen molar-refractivity contribution in [3.8, 4) is 0 Å². The summed E-state index contributed by atoms with van der Waals surface area (Å²) in [6.45, 7) is 2.96. The van der Waals surface area contributed by atoms with E-state index in [0.717, 1.165) is 44.5 Å². The van der Waals surface area contributed by atoms with E-state index in [-0.39, 0.29) is 12.0 Å². The maximum absolute atomic E-state index is 12.7. The summed E-state index contributed by atoms with van der Waals surface area (Å²) in [6, 6.07) is 8.26. The van der Waals surface area contributed by atoms with Crippen LogP contribution in [0.4, 0.5) is 0 Å². The first kappa shape index (κ1) is 19.1. The number of amides is 1. The largest absolute Gasteiger partial charge is 0.378 e. The van der Waals surface area contributed by atoms with Crippen LogP contribution in [0.25, 0.3) is 0 Å². The average Bonchev–Trinajstić information content (AvgIpc) is 2.69. The van der Waals surface area contributed by atoms with Crippen LogP contribution in [-0.4, -0.2) is 54.7 Å². The van der Waals surface area contributed by atoms with Gasteiger partial charge in [-0.3, -0.25) is 4.79 Å². The van der Waals surface area contributed by atoms with E-state index in [9.17, 15) is 4.79 Å². The van der Waals surface area contributed by atoms with Crippen molar-refractivity contribution in [2.24, 2.45) is 5.73 Å². The molecule has 25 heavy (non-hydrogen) atoms. The van der Waals surface area contributed by atoms with E-state index < -0.39 is 0 Å². The average molecular weight is 381 g/mol. The minimum atomic E-state index is 0.149. The molecule has 2 N–H and O–H groups in total. The zero-order valence-corrected chi connectivity index (χ0v) is 16.3. The molecule has 0 spiro atoms. The van der Waals surface area contributed by atoms with Crippen LogP contribution in [0, 0.1) is 0 Å². The van der Waals surface area contributed by atoms with Gasteiger partial charge in [0.2, 0.25) is 0 Å². The molecule has 0 aromatic heterocycles. The third kappa shape index (κ3) is 5.39. The smallest absolute Gasteiger partial charge is 0.253 e. The fourth-order valence-corrected chi connectivity index (χ4v) is 6.10. The molecule has 2 fully saturated rings. The quantitative estimate of drug-likeness (QED) is 0.765. The monoisotopic (exact) mass is 380 g/mol. The molecule has 2 aliphatic heterocycles. The van der Waals surface area contributed by atoms with Crippen LogP contribution in [0.3, 0.4) is 0 Å². The molecule has 0 unspecified atom stereocenters. The van der Waals surface area contributed by atoms with E-state index in [0.29, 0.717) is 11.1 Å². The first-order valence-corrected chi connectivity index (χ1v) is 11.3. The Morgan fingerprint density at radius 2 is 1.84 bits per heavy atom. The van der Waals surface area contributed by atoms with Crippen molar-refractivity contribution < 1.29 is 9.53 Å². The number of carbonyl (C=O) groups is 1. The number of piperidine rings is 1. The molecule has 2 aliphatic rings. The second-order valence-electron chi connectivity index (χ2n) is 6.55. The van der Waals surface area contributed by atoms with Gasteiger partial charge in [-0.1, -0.05) is 12.1 Å². The second-order valence-corrected chi connectivity index (χ2v) is 9.28. The van der Waals surface area contributed by atoms with E-state index in [1.54, 1.807) is 0 Å². The highest BCUT2D eigenvalue weighted by Gasteiger charge is 2.24. The zero-order valence-electron chi connectivity index (χ0n) is 14.7. The second kappa shape index (κ2) is 9.86. The van der Waals surface area contributed by atoms with Crippen LogP contribution in [0.15, 0.2) is 24.3 Å². The number of hydrogen-bond acceptors (Lipinski definition) is 5. The number of rotatable bonds is 6. The standard InChI is InChI=1S/C19H28N2O2S2/c20-9-1-12-23-17-7-10-21(11-8-17)18(22)15-3-5-16(6-4-15)19-24-13-2-14-25-19/h3-6,17,19H,1-2,7-14,20H2. The summed E-state index contributed by atoms with van der Waals surface area (Å²) in [5.74, 6) is 2.62. The molecular weight excluding hydrogens is 352 g/mol. The lowest BCUT2D eigenvalue weighted by atomic mass is 10.1. The third-order valence-electron chi connectivity index (χ3n) is 4.69. The van der Waals surface area contributed by atoms with Crippen LogP contribution < -0.4 is 5.73 Å². The Bertz CT molecular complexity index is 539. The molecule has 6 heteroatoms. The summed E-state index contributed by atoms with van der Waals surface area (Å²) < 4.78 is 6.34. The molecule has 138 valence electrons. The van der Waals surface area contributed by atoms with Crippen LogP contribution in [0.5, 0.6) is 0 Å². The van der Waals surface area contributed by atoms with Gasteiger partial charge in [-0.2, -0.15) is 0 Å². The highest BCUT2D eigenvalue weighted by molar-refractivity contribution is 8.16. The SMILES string of the molecule is NCCCOC1CCN(C(=O)c2ccc(C3SCCCS3)cc2)CC1. The maximum atomic E-state index is 12.7. The lowest BCUT2D eigenvalue weighted by Gasteiger charge is -2.32. The lowest BCUT2D eigenvalue weighted by molar-refractivity contribution is 0.00845. The molecule has 1 aromatic rings. The van der Waals surface area contributed by atoms with Gasteiger partial charge < -0.3 is 15.4 Å². The van der Waals surface area contributed by atoms with Crippen LogP contribution in [-0.2, 0) is 4.74 Å². The number of benzene rings is 1. The Morgan fingerprint density at radius 1 is 1.16 bits per heavy atom. The van der Waals surface area contributed by atoms with Gasteiger partial charge in [-0.15, -0.1) is 23.5 Å². The molecule has 0 radical (unpaired) electrons. The van der Waals surface area contributed by atoms with Crippen molar-refractivity contribution in [1.82, 2.24) is 4.90 Å². The van der Waals surface area contributed by atoms with Crippen molar-refractivity contribution >= 4 is 29.4 Å². The molecule has 1 aromatic carbocycles. The number of likely N-dealkylation sites (tertiary alicyclic amines) is 1. The molecule has 0 bridgehead atoms. The van der Waals surface area contributed by atoms with Gasteiger partial charge in [-0.05, 0) is 61.4 Å². The Kier molecular flexibility index (Phi) is 7.52. The zero-order chi connectivity index (χ0) is 17.5. The molecule has 4 nitrogen and oxygen atoms in total. The van der Waals surface area contributed by atoms with Crippen molar-refractivity contribution in [1.29, 1.82) is 0 Å². The topological polar surface area (TPSA) is 55.6 Å². The molecule has 2 heterocycles. The van der Waals surface area contributed by atoms with Crippen molar-refractivity contribution in [3.63, 3.8) is 0 Å².